The summed E-state index contributed by atoms with van der Waals surface area (Å²) >= 11 is 0. The van der Waals surface area contributed by atoms with Gasteiger partial charge in [0.25, 0.3) is 0 Å². The number of allylic oxidation sites excluding steroid dienone is 2. The molecule has 0 N–H and O–H groups in total. The van der Waals surface area contributed by atoms with E-state index < -0.39 is 195 Å². The minimum atomic E-state index is -6.13. The van der Waals surface area contributed by atoms with Crippen LogP contribution in [0.1, 0.15) is 44.5 Å². The number of rotatable bonds is 6. The summed E-state index contributed by atoms with van der Waals surface area (Å²) in [5, 5.41) is 16.9. The summed E-state index contributed by atoms with van der Waals surface area (Å²) in [4.78, 5) is 0. The topological polar surface area (TPSA) is 51.5 Å². The van der Waals surface area contributed by atoms with Gasteiger partial charge in [0.2, 0.25) is 0 Å². The van der Waals surface area contributed by atoms with Gasteiger partial charge < -0.3 is 0 Å². The van der Waals surface area contributed by atoms with Crippen LogP contribution < -0.4 is 26.4 Å². The van der Waals surface area contributed by atoms with E-state index in [2.05, 4.69) is 0 Å². The number of halogens is 24. The fourth-order valence-corrected chi connectivity index (χ4v) is 6.94. The van der Waals surface area contributed by atoms with Gasteiger partial charge in [-0.3, -0.25) is 0 Å². The van der Waals surface area contributed by atoms with Crippen LogP contribution in [0, 0.1) is 22.7 Å². The fraction of sp³-hybridized carbons (Fsp3) is 0.214. The third-order valence-corrected chi connectivity index (χ3v) is 9.96. The third kappa shape index (κ3) is 13.1. The lowest BCUT2D eigenvalue weighted by atomic mass is 9.12. The highest BCUT2D eigenvalue weighted by atomic mass is 19.4. The third-order valence-electron chi connectivity index (χ3n) is 9.96. The van der Waals surface area contributed by atoms with Gasteiger partial charge in [0.15, 0.2) is 18.9 Å². The van der Waals surface area contributed by atoms with E-state index >= 15 is 0 Å². The molecule has 0 spiro atoms. The van der Waals surface area contributed by atoms with E-state index in [4.69, 9.17) is 10.5 Å². The number of benzene rings is 4. The first-order chi connectivity index (χ1) is 31.6. The number of hydrogen-bond donors (Lipinski definition) is 0. The molecule has 1 aromatic heterocycles. The van der Waals surface area contributed by atoms with Gasteiger partial charge in [-0.25, -0.2) is 4.57 Å². The molecule has 3 nitrogen and oxygen atoms in total. The van der Waals surface area contributed by atoms with Gasteiger partial charge in [-0.05, 0) is 24.3 Å². The maximum Gasteiger partial charge on any atom is 0.416 e. The molecule has 0 aliphatic carbocycles. The monoisotopic (exact) mass is 1030 g/mol. The predicted octanol–water partition coefficient (Wildman–Crippen LogP) is 12.2. The van der Waals surface area contributed by atoms with Crippen LogP contribution in [0.3, 0.4) is 0 Å². The van der Waals surface area contributed by atoms with Crippen LogP contribution in [0.4, 0.5) is 105 Å². The van der Waals surface area contributed by atoms with E-state index in [0.717, 1.165) is 0 Å². The maximum absolute atomic E-state index is 14.2. The Kier molecular flexibility index (Phi) is 15.2. The van der Waals surface area contributed by atoms with Crippen molar-refractivity contribution in [1.82, 2.24) is 0 Å². The number of hydrogen-bond acceptors (Lipinski definition) is 2. The second kappa shape index (κ2) is 19.1. The summed E-state index contributed by atoms with van der Waals surface area (Å²) in [5.74, 6) is 0. The molecular weight excluding hydrogens is 1010 g/mol. The summed E-state index contributed by atoms with van der Waals surface area (Å²) in [6.07, 6.45) is -49.5. The summed E-state index contributed by atoms with van der Waals surface area (Å²) < 4.78 is 343. The highest BCUT2D eigenvalue weighted by molar-refractivity contribution is 7.20. The van der Waals surface area contributed by atoms with E-state index in [1.165, 1.54) is 0 Å². The Morgan fingerprint density at radius 3 is 0.729 bits per heavy atom. The van der Waals surface area contributed by atoms with Crippen molar-refractivity contribution in [2.45, 2.75) is 56.0 Å². The molecule has 5 rings (SSSR count). The zero-order valence-corrected chi connectivity index (χ0v) is 33.6. The summed E-state index contributed by atoms with van der Waals surface area (Å²) in [7, 11) is 0. The van der Waals surface area contributed by atoms with Gasteiger partial charge in [-0.2, -0.15) is 138 Å². The minimum absolute atomic E-state index is 0.149. The highest BCUT2D eigenvalue weighted by Gasteiger charge is 2.47. The van der Waals surface area contributed by atoms with Crippen molar-refractivity contribution in [2.24, 2.45) is 0 Å². The van der Waals surface area contributed by atoms with Gasteiger partial charge in [0.1, 0.15) is 23.9 Å². The number of nitriles is 2. The average Bonchev–Trinajstić information content (AvgIpc) is 3.22. The summed E-state index contributed by atoms with van der Waals surface area (Å²) in [5.41, 5.74) is -30.1. The van der Waals surface area contributed by atoms with Crippen LogP contribution in [0.5, 0.6) is 0 Å². The summed E-state index contributed by atoms with van der Waals surface area (Å²) in [6, 6.07) is 0.510. The van der Waals surface area contributed by atoms with Crippen molar-refractivity contribution in [1.29, 1.82) is 10.5 Å². The lowest BCUT2D eigenvalue weighted by Crippen LogP contribution is -2.75. The van der Waals surface area contributed by atoms with E-state index in [9.17, 15) is 105 Å². The normalized spacial score (nSPS) is 13.2. The van der Waals surface area contributed by atoms with Crippen LogP contribution in [0.15, 0.2) is 115 Å². The first kappa shape index (κ1) is 55.7. The molecule has 0 aliphatic heterocycles. The Balaban J connectivity index is 0.000000707. The van der Waals surface area contributed by atoms with Gasteiger partial charge in [0, 0.05) is 18.2 Å². The number of aromatic nitrogens is 1. The molecule has 28 heteroatoms. The second-order valence-corrected chi connectivity index (χ2v) is 14.6. The Labute approximate surface area is 376 Å². The molecular formula is C42H20BF24N3. The van der Waals surface area contributed by atoms with E-state index in [1.54, 1.807) is 6.08 Å². The van der Waals surface area contributed by atoms with Crippen molar-refractivity contribution in [3.05, 3.63) is 160 Å². The zero-order chi connectivity index (χ0) is 53.4. The Hall–Kier alpha value is -6.87. The lowest BCUT2D eigenvalue weighted by molar-refractivity contribution is -0.687. The molecule has 0 aliphatic rings. The quantitative estimate of drug-likeness (QED) is 0.0736. The standard InChI is InChI=1S/C32H12BF24.C10H8N3/c34-25(35,36)13-1-14(26(37,38)39)6-21(5-13)33(22-7-15(27(40,41)42)2-16(8-22)28(43,44)45,23-9-17(29(46,47)48)3-18(10-23)30(49,50)51)24-11-19(31(52,53)54)4-20(12-24)32(55,56)57;11-8-10(9-12)4-7-13-5-2-1-3-6-13/h1-12H;1-6H,7H2/q-1;+1. The molecule has 0 saturated heterocycles. The molecule has 0 atom stereocenters. The molecule has 0 unspecified atom stereocenters. The van der Waals surface area contributed by atoms with E-state index in [1.807, 2.05) is 47.3 Å². The molecule has 1 heterocycles. The first-order valence-corrected chi connectivity index (χ1v) is 18.4. The molecule has 0 radical (unpaired) electrons. The molecule has 0 bridgehead atoms. The van der Waals surface area contributed by atoms with E-state index in [0.29, 0.717) is 6.54 Å². The largest absolute Gasteiger partial charge is 0.416 e. The van der Waals surface area contributed by atoms with Gasteiger partial charge >= 0.3 is 49.4 Å². The van der Waals surface area contributed by atoms with Crippen LogP contribution in [-0.2, 0) is 56.0 Å². The number of pyridine rings is 1. The van der Waals surface area contributed by atoms with Crippen molar-refractivity contribution in [2.75, 3.05) is 0 Å². The smallest absolute Gasteiger partial charge is 0.201 e. The van der Waals surface area contributed by atoms with E-state index in [-0.39, 0.29) is 5.57 Å². The Bertz CT molecular complexity index is 2360. The van der Waals surface area contributed by atoms with Crippen LogP contribution in [0.25, 0.3) is 0 Å². The van der Waals surface area contributed by atoms with Crippen LogP contribution >= 0.6 is 0 Å². The SMILES string of the molecule is FC(F)(F)c1cc([B-](c2cc(C(F)(F)F)cc(C(F)(F)F)c2)(c2cc(C(F)(F)F)cc(C(F)(F)F)c2)c2cc(C(F)(F)F)cc(C(F)(F)F)c2)cc(C(F)(F)F)c1.N#CC(C#N)=CC[n+]1ccccc1. The van der Waals surface area contributed by atoms with Crippen molar-refractivity contribution in [3.8, 4) is 12.1 Å². The lowest BCUT2D eigenvalue weighted by Gasteiger charge is -2.46. The molecule has 374 valence electrons. The van der Waals surface area contributed by atoms with Crippen LogP contribution in [0.2, 0.25) is 0 Å². The van der Waals surface area contributed by atoms with Gasteiger partial charge in [0.05, 0.1) is 44.5 Å². The predicted molar refractivity (Wildman–Crippen MR) is 196 cm³/mol. The summed E-state index contributed by atoms with van der Waals surface area (Å²) in [6.45, 7) is 0.553. The Morgan fingerprint density at radius 2 is 0.557 bits per heavy atom. The molecule has 70 heavy (non-hydrogen) atoms. The van der Waals surface area contributed by atoms with Gasteiger partial charge in [-0.15, -0.1) is 0 Å². The molecule has 0 amide bonds. The molecule has 0 fully saturated rings. The molecule has 5 aromatic rings. The molecule has 4 aromatic carbocycles. The maximum atomic E-state index is 14.2. The number of alkyl halides is 24. The highest BCUT2D eigenvalue weighted by Crippen LogP contribution is 2.41. The molecule has 0 saturated carbocycles. The van der Waals surface area contributed by atoms with Gasteiger partial charge in [-0.1, -0.05) is 54.6 Å². The van der Waals surface area contributed by atoms with Crippen molar-refractivity contribution in [3.63, 3.8) is 0 Å². The fourth-order valence-electron chi connectivity index (χ4n) is 6.94. The minimum Gasteiger partial charge on any atom is -0.201 e. The van der Waals surface area contributed by atoms with Crippen molar-refractivity contribution >= 4 is 28.0 Å². The van der Waals surface area contributed by atoms with Crippen molar-refractivity contribution < 1.29 is 110 Å². The Morgan fingerprint density at radius 1 is 0.357 bits per heavy atom. The van der Waals surface area contributed by atoms with Crippen LogP contribution in [-0.4, -0.2) is 6.15 Å². The zero-order valence-electron chi connectivity index (χ0n) is 33.6. The second-order valence-electron chi connectivity index (χ2n) is 14.6. The number of nitrogens with zero attached hydrogens (tertiary/aromatic N) is 3. The average molecular weight is 1030 g/mol. The first-order valence-electron chi connectivity index (χ1n) is 18.4.